The third-order valence-corrected chi connectivity index (χ3v) is 30.9. The van der Waals surface area contributed by atoms with Crippen molar-refractivity contribution in [2.24, 2.45) is 0 Å². The van der Waals surface area contributed by atoms with Gasteiger partial charge >= 0.3 is 0 Å². The minimum Gasteiger partial charge on any atom is -0.292 e. The van der Waals surface area contributed by atoms with Crippen molar-refractivity contribution in [3.63, 3.8) is 0 Å². The highest BCUT2D eigenvalue weighted by Gasteiger charge is 2.41. The van der Waals surface area contributed by atoms with E-state index >= 15 is 0 Å². The number of imidazole rings is 1. The van der Waals surface area contributed by atoms with E-state index in [1.54, 1.807) is 0 Å². The molecule has 4 aromatic heterocycles. The van der Waals surface area contributed by atoms with Gasteiger partial charge in [0.25, 0.3) is 0 Å². The summed E-state index contributed by atoms with van der Waals surface area (Å²) in [5.41, 5.74) is 47.5. The van der Waals surface area contributed by atoms with Crippen LogP contribution in [0.25, 0.3) is 228 Å². The van der Waals surface area contributed by atoms with E-state index in [4.69, 9.17) is 24.9 Å². The molecule has 4 aliphatic rings. The number of hydrogen-bond donors (Lipinski definition) is 0. The predicted molar refractivity (Wildman–Crippen MR) is 587 cm³/mol. The summed E-state index contributed by atoms with van der Waals surface area (Å²) in [6.07, 6.45) is 0. The van der Waals surface area contributed by atoms with Gasteiger partial charge in [-0.05, 0) is 211 Å². The van der Waals surface area contributed by atoms with Crippen molar-refractivity contribution in [2.45, 2.75) is 77.0 Å². The van der Waals surface area contributed by atoms with Gasteiger partial charge in [-0.3, -0.25) is 4.57 Å². The number of nitrogens with zero attached hydrogens (tertiary/aromatic N) is 6. The minimum atomic E-state index is -0.152. The van der Waals surface area contributed by atoms with E-state index in [0.29, 0.717) is 5.82 Å². The maximum absolute atomic E-state index is 5.69. The standard InChI is InChI=1S/C70H51N3.C65H47N3/c1-69(2)60-30-18-16-27-52(60)54-38-34-48(40-62(54)69)57-42-59-58(49-35-39-55-53-28-17-19-31-61(53)70(3,4)63(55)41-49)43-64(71-66(59)56-29-15-14-26-51(56)57)44-32-36-50(37-33-44)73-67(46-22-10-6-11-23-46)65(45-20-8-5-9-21-45)72-68(73)47-24-12-7-13-25-47;1-64(2)55-25-15-13-22-47(55)49-33-31-44(35-57(49)64)52-37-54-53(45-32-34-50-48-23-14-16-26-56(48)65(3,4)58(50)36-45)38-59(66-62(54)51-24-12-11-21-46(51)52)41-27-29-42(30-28-41)61-39-60(40-17-7-5-8-18-40)67-63(68-61)43-19-9-6-10-20-43/h5-43H,1-4H3;5-39H,1-4H3. The Hall–Kier alpha value is -17.2. The van der Waals surface area contributed by atoms with Crippen LogP contribution < -0.4 is 0 Å². The summed E-state index contributed by atoms with van der Waals surface area (Å²) in [6.45, 7) is 18.9. The van der Waals surface area contributed by atoms with Gasteiger partial charge in [0.1, 0.15) is 5.82 Å². The highest BCUT2D eigenvalue weighted by Crippen LogP contribution is 2.57. The van der Waals surface area contributed by atoms with Crippen molar-refractivity contribution in [1.29, 1.82) is 0 Å². The van der Waals surface area contributed by atoms with Gasteiger partial charge < -0.3 is 0 Å². The zero-order chi connectivity index (χ0) is 94.7. The molecule has 4 aliphatic carbocycles. The van der Waals surface area contributed by atoms with Gasteiger partial charge in [0.2, 0.25) is 0 Å². The lowest BCUT2D eigenvalue weighted by Crippen LogP contribution is -2.15. The molecule has 23 aromatic rings. The Balaban J connectivity index is 0.000000145. The molecule has 6 heteroatoms. The normalized spacial score (nSPS) is 13.8. The van der Waals surface area contributed by atoms with E-state index < -0.39 is 0 Å². The van der Waals surface area contributed by atoms with Crippen LogP contribution in [0, 0.1) is 0 Å². The third kappa shape index (κ3) is 13.8. The zero-order valence-corrected chi connectivity index (χ0v) is 79.9. The molecule has 4 heterocycles. The first-order valence-electron chi connectivity index (χ1n) is 49.2. The first kappa shape index (κ1) is 84.3. The van der Waals surface area contributed by atoms with Crippen LogP contribution in [0.4, 0.5) is 0 Å². The summed E-state index contributed by atoms with van der Waals surface area (Å²) in [7, 11) is 0. The number of aromatic nitrogens is 6. The maximum atomic E-state index is 5.69. The second kappa shape index (κ2) is 32.8. The van der Waals surface area contributed by atoms with Gasteiger partial charge in [-0.25, -0.2) is 24.9 Å². The highest BCUT2D eigenvalue weighted by molar-refractivity contribution is 6.18. The summed E-state index contributed by atoms with van der Waals surface area (Å²) >= 11 is 0. The molecule has 0 bridgehead atoms. The Kier molecular flexibility index (Phi) is 19.6. The summed E-state index contributed by atoms with van der Waals surface area (Å²) in [5.74, 6) is 1.59. The van der Waals surface area contributed by atoms with Crippen molar-refractivity contribution in [1.82, 2.24) is 29.5 Å². The van der Waals surface area contributed by atoms with Crippen molar-refractivity contribution >= 4 is 43.4 Å². The molecular formula is C135H98N6. The Morgan fingerprint density at radius 3 is 0.809 bits per heavy atom. The number of hydrogen-bond acceptors (Lipinski definition) is 5. The second-order valence-corrected chi connectivity index (χ2v) is 40.5. The van der Waals surface area contributed by atoms with Crippen LogP contribution in [0.1, 0.15) is 99.9 Å². The Bertz CT molecular complexity index is 8980. The molecule has 27 rings (SSSR count). The molecule has 19 aromatic carbocycles. The predicted octanol–water partition coefficient (Wildman–Crippen LogP) is 35.0. The molecule has 0 atom stereocenters. The summed E-state index contributed by atoms with van der Waals surface area (Å²) in [6, 6.07) is 163. The maximum Gasteiger partial charge on any atom is 0.160 e. The molecule has 0 spiro atoms. The smallest absolute Gasteiger partial charge is 0.160 e. The van der Waals surface area contributed by atoms with Crippen molar-refractivity contribution < 1.29 is 0 Å². The average Bonchev–Trinajstić information content (AvgIpc) is 1.65. The van der Waals surface area contributed by atoms with E-state index in [9.17, 15) is 0 Å². The largest absolute Gasteiger partial charge is 0.292 e. The van der Waals surface area contributed by atoms with Crippen LogP contribution >= 0.6 is 0 Å². The quantitative estimate of drug-likeness (QED) is 0.108. The molecule has 0 saturated heterocycles. The van der Waals surface area contributed by atoms with Crippen LogP contribution in [0.2, 0.25) is 0 Å². The van der Waals surface area contributed by atoms with Gasteiger partial charge in [-0.2, -0.15) is 0 Å². The monoisotopic (exact) mass is 1800 g/mol. The molecule has 0 saturated carbocycles. The molecule has 0 unspecified atom stereocenters. The molecule has 141 heavy (non-hydrogen) atoms. The van der Waals surface area contributed by atoms with Crippen LogP contribution in [0.15, 0.2) is 449 Å². The molecule has 0 aliphatic heterocycles. The van der Waals surface area contributed by atoms with Gasteiger partial charge in [-0.15, -0.1) is 0 Å². The molecular weight excluding hydrogens is 1710 g/mol. The lowest BCUT2D eigenvalue weighted by Gasteiger charge is -2.23. The molecule has 0 N–H and O–H groups in total. The van der Waals surface area contributed by atoms with E-state index in [2.05, 4.69) is 485 Å². The SMILES string of the molecule is CC1(C)c2ccccc2-c2ccc(-c3cc4c(-c5ccc6c(c5)C(C)(C)c5ccccc5-6)cc(-c5ccc(-c6cc(-c7ccccc7)nc(-c7ccccc7)n6)cc5)nc4c4ccccc34)cc21.CC1(C)c2ccccc2-c2ccc(-c3cc4c(-c5ccc6c(c5)C(C)(C)c5ccccc5-6)cc(-c5ccc(-n6c(-c7ccccc7)nc(-c7ccccc7)c6-c6ccccc6)cc5)nc4c4ccccc34)cc21. The van der Waals surface area contributed by atoms with E-state index in [1.165, 1.54) is 144 Å². The van der Waals surface area contributed by atoms with Crippen molar-refractivity contribution in [3.05, 3.63) is 493 Å². The van der Waals surface area contributed by atoms with Crippen molar-refractivity contribution in [2.75, 3.05) is 0 Å². The summed E-state index contributed by atoms with van der Waals surface area (Å²) in [5, 5.41) is 6.93. The lowest BCUT2D eigenvalue weighted by molar-refractivity contribution is 0.660. The molecule has 0 fully saturated rings. The van der Waals surface area contributed by atoms with E-state index in [-0.39, 0.29) is 21.7 Å². The zero-order valence-electron chi connectivity index (χ0n) is 79.9. The Labute approximate surface area is 822 Å². The van der Waals surface area contributed by atoms with E-state index in [0.717, 1.165) is 123 Å². The van der Waals surface area contributed by atoms with Gasteiger partial charge in [0, 0.05) is 93.4 Å². The lowest BCUT2D eigenvalue weighted by atomic mass is 9.81. The topological polar surface area (TPSA) is 69.4 Å². The first-order chi connectivity index (χ1) is 68.9. The van der Waals surface area contributed by atoms with Crippen LogP contribution in [-0.4, -0.2) is 29.5 Å². The minimum absolute atomic E-state index is 0.109. The average molecular weight is 1800 g/mol. The fourth-order valence-corrected chi connectivity index (χ4v) is 23.6. The fraction of sp³-hybridized carbons (Fsp3) is 0.0889. The Morgan fingerprint density at radius 2 is 0.440 bits per heavy atom. The van der Waals surface area contributed by atoms with E-state index in [1.807, 2.05) is 24.3 Å². The second-order valence-electron chi connectivity index (χ2n) is 40.5. The molecule has 0 radical (unpaired) electrons. The number of rotatable bonds is 13. The van der Waals surface area contributed by atoms with Gasteiger partial charge in [-0.1, -0.05) is 438 Å². The van der Waals surface area contributed by atoms with Crippen molar-refractivity contribution in [3.8, 4) is 185 Å². The third-order valence-electron chi connectivity index (χ3n) is 30.9. The number of fused-ring (bicyclic) bond motifs is 18. The number of benzene rings is 19. The Morgan fingerprint density at radius 1 is 0.170 bits per heavy atom. The van der Waals surface area contributed by atoms with Gasteiger partial charge in [0.15, 0.2) is 5.82 Å². The summed E-state index contributed by atoms with van der Waals surface area (Å²) in [4.78, 5) is 26.9. The molecule has 0 amide bonds. The fourth-order valence-electron chi connectivity index (χ4n) is 23.6. The highest BCUT2D eigenvalue weighted by atomic mass is 15.1. The summed E-state index contributed by atoms with van der Waals surface area (Å²) < 4.78 is 2.33. The van der Waals surface area contributed by atoms with Gasteiger partial charge in [0.05, 0.1) is 45.2 Å². The molecule has 668 valence electrons. The van der Waals surface area contributed by atoms with Crippen LogP contribution in [-0.2, 0) is 21.7 Å². The number of pyridine rings is 2. The van der Waals surface area contributed by atoms with Crippen LogP contribution in [0.5, 0.6) is 0 Å². The van der Waals surface area contributed by atoms with Crippen LogP contribution in [0.3, 0.4) is 0 Å². The first-order valence-corrected chi connectivity index (χ1v) is 49.2. The molecule has 6 nitrogen and oxygen atoms in total.